The summed E-state index contributed by atoms with van der Waals surface area (Å²) in [4.78, 5) is 0. The Kier molecular flexibility index (Phi) is 2.29. The van der Waals surface area contributed by atoms with Crippen LogP contribution in [0.1, 0.15) is 26.2 Å². The molecule has 0 aliphatic heterocycles. The summed E-state index contributed by atoms with van der Waals surface area (Å²) in [6.07, 6.45) is 3.37. The van der Waals surface area contributed by atoms with E-state index < -0.39 is 5.67 Å². The van der Waals surface area contributed by atoms with Crippen LogP contribution in [0.25, 0.3) is 0 Å². The number of halogens is 1. The van der Waals surface area contributed by atoms with Gasteiger partial charge in [-0.05, 0) is 32.7 Å². The first-order chi connectivity index (χ1) is 4.67. The van der Waals surface area contributed by atoms with Gasteiger partial charge in [-0.15, -0.1) is 0 Å². The quantitative estimate of drug-likeness (QED) is 0.637. The van der Waals surface area contributed by atoms with E-state index in [1.165, 1.54) is 6.42 Å². The third-order valence-electron chi connectivity index (χ3n) is 2.48. The molecule has 10 heavy (non-hydrogen) atoms. The van der Waals surface area contributed by atoms with Crippen LogP contribution in [0, 0.1) is 5.92 Å². The summed E-state index contributed by atoms with van der Waals surface area (Å²) in [5, 5.41) is 2.88. The number of hydrogen-bond donors (Lipinski definition) is 1. The largest absolute Gasteiger partial charge is 0.317 e. The van der Waals surface area contributed by atoms with Crippen molar-refractivity contribution in [1.82, 2.24) is 5.32 Å². The summed E-state index contributed by atoms with van der Waals surface area (Å²) in [6.45, 7) is 2.20. The molecule has 2 heteroatoms. The molecule has 1 aliphatic carbocycles. The van der Waals surface area contributed by atoms with Gasteiger partial charge in [0.2, 0.25) is 0 Å². The van der Waals surface area contributed by atoms with Crippen LogP contribution in [0.5, 0.6) is 0 Å². The average molecular weight is 145 g/mol. The van der Waals surface area contributed by atoms with Crippen LogP contribution in [0.2, 0.25) is 0 Å². The van der Waals surface area contributed by atoms with Gasteiger partial charge in [0.25, 0.3) is 0 Å². The zero-order chi connectivity index (χ0) is 7.61. The maximum Gasteiger partial charge on any atom is 0.123 e. The van der Waals surface area contributed by atoms with E-state index in [0.29, 0.717) is 12.5 Å². The molecule has 1 unspecified atom stereocenters. The van der Waals surface area contributed by atoms with Crippen molar-refractivity contribution in [2.24, 2.45) is 5.92 Å². The molecule has 0 aromatic rings. The monoisotopic (exact) mass is 145 g/mol. The summed E-state index contributed by atoms with van der Waals surface area (Å²) in [5.41, 5.74) is -0.965. The minimum Gasteiger partial charge on any atom is -0.317 e. The van der Waals surface area contributed by atoms with Gasteiger partial charge < -0.3 is 5.32 Å². The smallest absolute Gasteiger partial charge is 0.123 e. The Hall–Kier alpha value is -0.110. The van der Waals surface area contributed by atoms with E-state index >= 15 is 0 Å². The minimum atomic E-state index is -0.965. The average Bonchev–Trinajstić information content (AvgIpc) is 1.56. The Morgan fingerprint density at radius 2 is 2.20 bits per heavy atom. The highest BCUT2D eigenvalue weighted by Gasteiger charge is 2.37. The number of hydrogen-bond acceptors (Lipinski definition) is 1. The molecule has 1 atom stereocenters. The number of alkyl halides is 1. The van der Waals surface area contributed by atoms with E-state index in [2.05, 4.69) is 5.32 Å². The standard InChI is InChI=1S/C8H16FN/c1-8(9,6-10-2)7-4-3-5-7/h7,10H,3-6H2,1-2H3. The lowest BCUT2D eigenvalue weighted by Crippen LogP contribution is -2.42. The predicted molar refractivity (Wildman–Crippen MR) is 40.8 cm³/mol. The van der Waals surface area contributed by atoms with Crippen molar-refractivity contribution < 1.29 is 4.39 Å². The van der Waals surface area contributed by atoms with Crippen LogP contribution in [0.3, 0.4) is 0 Å². The molecule has 0 saturated heterocycles. The molecule has 1 aliphatic rings. The fourth-order valence-corrected chi connectivity index (χ4v) is 1.50. The zero-order valence-corrected chi connectivity index (χ0v) is 6.78. The van der Waals surface area contributed by atoms with Gasteiger partial charge in [0.1, 0.15) is 5.67 Å². The lowest BCUT2D eigenvalue weighted by Gasteiger charge is -2.36. The molecule has 60 valence electrons. The van der Waals surface area contributed by atoms with E-state index in [1.54, 1.807) is 14.0 Å². The van der Waals surface area contributed by atoms with Crippen molar-refractivity contribution >= 4 is 0 Å². The first-order valence-electron chi connectivity index (χ1n) is 4.00. The van der Waals surface area contributed by atoms with Crippen LogP contribution in [-0.2, 0) is 0 Å². The highest BCUT2D eigenvalue weighted by molar-refractivity contribution is 4.89. The summed E-state index contributed by atoms with van der Waals surface area (Å²) >= 11 is 0. The SMILES string of the molecule is CNCC(C)(F)C1CCC1. The Labute approximate surface area is 62.0 Å². The number of rotatable bonds is 3. The third-order valence-corrected chi connectivity index (χ3v) is 2.48. The zero-order valence-electron chi connectivity index (χ0n) is 6.78. The molecule has 0 radical (unpaired) electrons. The molecule has 0 amide bonds. The van der Waals surface area contributed by atoms with Crippen molar-refractivity contribution in [3.8, 4) is 0 Å². The van der Waals surface area contributed by atoms with Gasteiger partial charge >= 0.3 is 0 Å². The lowest BCUT2D eigenvalue weighted by atomic mass is 9.75. The van der Waals surface area contributed by atoms with Crippen LogP contribution in [0.15, 0.2) is 0 Å². The van der Waals surface area contributed by atoms with Crippen LogP contribution >= 0.6 is 0 Å². The van der Waals surface area contributed by atoms with Gasteiger partial charge in [-0.25, -0.2) is 4.39 Å². The molecule has 1 fully saturated rings. The van der Waals surface area contributed by atoms with E-state index in [0.717, 1.165) is 12.8 Å². The summed E-state index contributed by atoms with van der Waals surface area (Å²) < 4.78 is 13.5. The normalized spacial score (nSPS) is 25.5. The number of nitrogens with one attached hydrogen (secondary N) is 1. The maximum atomic E-state index is 13.5. The molecular formula is C8H16FN. The van der Waals surface area contributed by atoms with E-state index in [9.17, 15) is 4.39 Å². The second kappa shape index (κ2) is 2.87. The lowest BCUT2D eigenvalue weighted by molar-refractivity contribution is 0.0510. The molecule has 1 N–H and O–H groups in total. The Balaban J connectivity index is 2.33. The van der Waals surface area contributed by atoms with Crippen LogP contribution in [0.4, 0.5) is 4.39 Å². The van der Waals surface area contributed by atoms with Crippen LogP contribution in [-0.4, -0.2) is 19.3 Å². The van der Waals surface area contributed by atoms with E-state index in [1.807, 2.05) is 0 Å². The molecule has 0 heterocycles. The van der Waals surface area contributed by atoms with E-state index in [4.69, 9.17) is 0 Å². The molecule has 1 rings (SSSR count). The van der Waals surface area contributed by atoms with Gasteiger partial charge in [0.15, 0.2) is 0 Å². The van der Waals surface area contributed by atoms with Gasteiger partial charge in [-0.1, -0.05) is 6.42 Å². The van der Waals surface area contributed by atoms with Crippen molar-refractivity contribution in [2.75, 3.05) is 13.6 Å². The first-order valence-corrected chi connectivity index (χ1v) is 4.00. The highest BCUT2D eigenvalue weighted by Crippen LogP contribution is 2.37. The third kappa shape index (κ3) is 1.48. The summed E-state index contributed by atoms with van der Waals surface area (Å²) in [7, 11) is 1.80. The Morgan fingerprint density at radius 1 is 1.60 bits per heavy atom. The second-order valence-corrected chi connectivity index (χ2v) is 3.44. The van der Waals surface area contributed by atoms with Crippen molar-refractivity contribution in [3.05, 3.63) is 0 Å². The van der Waals surface area contributed by atoms with Crippen molar-refractivity contribution in [2.45, 2.75) is 31.9 Å². The topological polar surface area (TPSA) is 12.0 Å². The maximum absolute atomic E-state index is 13.5. The Bertz CT molecular complexity index is 108. The molecule has 0 bridgehead atoms. The second-order valence-electron chi connectivity index (χ2n) is 3.44. The highest BCUT2D eigenvalue weighted by atomic mass is 19.1. The van der Waals surface area contributed by atoms with Gasteiger partial charge in [0, 0.05) is 6.54 Å². The van der Waals surface area contributed by atoms with Crippen molar-refractivity contribution in [1.29, 1.82) is 0 Å². The summed E-state index contributed by atoms with van der Waals surface area (Å²) in [5.74, 6) is 0.319. The van der Waals surface area contributed by atoms with Gasteiger partial charge in [-0.2, -0.15) is 0 Å². The van der Waals surface area contributed by atoms with Crippen LogP contribution < -0.4 is 5.32 Å². The molecule has 1 saturated carbocycles. The molecule has 1 nitrogen and oxygen atoms in total. The predicted octanol–water partition coefficient (Wildman–Crippen LogP) is 1.73. The molecule has 0 spiro atoms. The minimum absolute atomic E-state index is 0.319. The fraction of sp³-hybridized carbons (Fsp3) is 1.00. The first kappa shape index (κ1) is 7.99. The Morgan fingerprint density at radius 3 is 2.50 bits per heavy atom. The van der Waals surface area contributed by atoms with Gasteiger partial charge in [-0.3, -0.25) is 0 Å². The van der Waals surface area contributed by atoms with Crippen molar-refractivity contribution in [3.63, 3.8) is 0 Å². The fourth-order valence-electron chi connectivity index (χ4n) is 1.50. The molecular weight excluding hydrogens is 129 g/mol. The van der Waals surface area contributed by atoms with E-state index in [-0.39, 0.29) is 0 Å². The summed E-state index contributed by atoms with van der Waals surface area (Å²) in [6, 6.07) is 0. The molecule has 0 aromatic carbocycles. The van der Waals surface area contributed by atoms with Gasteiger partial charge in [0.05, 0.1) is 0 Å². The molecule has 0 aromatic heterocycles.